The number of aliphatic hydroxyl groups excluding tert-OH is 4. The Bertz CT molecular complexity index is 708. The Balaban J connectivity index is 1.53. The molecular weight excluding hydrogens is 400 g/mol. The lowest BCUT2D eigenvalue weighted by molar-refractivity contribution is -0.297. The second-order valence-corrected chi connectivity index (χ2v) is 10.9. The summed E-state index contributed by atoms with van der Waals surface area (Å²) in [6.07, 6.45) is 1.01. The zero-order chi connectivity index (χ0) is 22.6. The van der Waals surface area contributed by atoms with Gasteiger partial charge in [-0.15, -0.1) is 0 Å². The Morgan fingerprint density at radius 2 is 1.87 bits per heavy atom. The summed E-state index contributed by atoms with van der Waals surface area (Å²) in [7, 11) is 0. The van der Waals surface area contributed by atoms with Crippen molar-refractivity contribution in [3.05, 3.63) is 12.2 Å². The first-order chi connectivity index (χ1) is 14.6. The van der Waals surface area contributed by atoms with E-state index in [0.717, 1.165) is 44.9 Å². The third kappa shape index (κ3) is 3.76. The minimum absolute atomic E-state index is 0.0605. The molecule has 7 unspecified atom stereocenters. The van der Waals surface area contributed by atoms with Crippen LogP contribution < -0.4 is 0 Å². The molecule has 0 amide bonds. The van der Waals surface area contributed by atoms with Crippen LogP contribution in [0.3, 0.4) is 0 Å². The van der Waals surface area contributed by atoms with Crippen LogP contribution >= 0.6 is 0 Å². The minimum atomic E-state index is -1.57. The number of aliphatic hydroxyl groups is 4. The standard InChI is InChI=1S/C24H38O7/c1-13-5-7-15-14(11-13)6-8-17-23(15,2)9-4-10-24(17,3)22(29)31-21-20(28)19(27)18(26)16(12-25)30-21/h14-21,25-28H,1,4-12H2,2-3H3/t14?,15-,16?,17?,18?,19?,20?,21?,23+,24-/m1/s1. The predicted octanol–water partition coefficient (Wildman–Crippen LogP) is 1.91. The molecule has 4 fully saturated rings. The van der Waals surface area contributed by atoms with Gasteiger partial charge in [0, 0.05) is 0 Å². The molecule has 4 N–H and O–H groups in total. The molecule has 7 nitrogen and oxygen atoms in total. The summed E-state index contributed by atoms with van der Waals surface area (Å²) in [4.78, 5) is 13.5. The SMILES string of the molecule is C=C1CC[C@@H]2C(CCC3[C@](C)(C(=O)OC4OC(CO)C(O)C(O)C4O)CCC[C@]32C)C1. The smallest absolute Gasteiger partial charge is 0.314 e. The van der Waals surface area contributed by atoms with Gasteiger partial charge in [-0.1, -0.05) is 25.5 Å². The Kier molecular flexibility index (Phi) is 6.29. The molecule has 0 radical (unpaired) electrons. The summed E-state index contributed by atoms with van der Waals surface area (Å²) in [5.74, 6) is 0.980. The van der Waals surface area contributed by atoms with Crippen molar-refractivity contribution < 1.29 is 34.7 Å². The first-order valence-corrected chi connectivity index (χ1v) is 11.8. The second kappa shape index (κ2) is 8.41. The van der Waals surface area contributed by atoms with Gasteiger partial charge in [0.1, 0.15) is 24.4 Å². The molecule has 3 aliphatic carbocycles. The molecule has 7 heteroatoms. The van der Waals surface area contributed by atoms with Crippen LogP contribution in [0.25, 0.3) is 0 Å². The fraction of sp³-hybridized carbons (Fsp3) is 0.875. The molecule has 3 saturated carbocycles. The highest BCUT2D eigenvalue weighted by Gasteiger charge is 2.60. The lowest BCUT2D eigenvalue weighted by Gasteiger charge is -2.60. The van der Waals surface area contributed by atoms with Crippen molar-refractivity contribution in [2.75, 3.05) is 6.61 Å². The number of ether oxygens (including phenoxy) is 2. The van der Waals surface area contributed by atoms with E-state index < -0.39 is 48.7 Å². The van der Waals surface area contributed by atoms with Gasteiger partial charge < -0.3 is 29.9 Å². The number of esters is 1. The molecule has 1 saturated heterocycles. The van der Waals surface area contributed by atoms with Gasteiger partial charge in [0.15, 0.2) is 0 Å². The van der Waals surface area contributed by atoms with Crippen LogP contribution in [0.5, 0.6) is 0 Å². The molecular formula is C24H38O7. The quantitative estimate of drug-likeness (QED) is 0.393. The Hall–Kier alpha value is -0.990. The number of carbonyl (C=O) groups excluding carboxylic acids is 1. The Labute approximate surface area is 184 Å². The molecule has 0 aromatic carbocycles. The lowest BCUT2D eigenvalue weighted by atomic mass is 9.44. The third-order valence-electron chi connectivity index (χ3n) is 9.12. The first kappa shape index (κ1) is 23.2. The normalized spacial score (nSPS) is 50.3. The fourth-order valence-electron chi connectivity index (χ4n) is 7.42. The second-order valence-electron chi connectivity index (χ2n) is 10.9. The average Bonchev–Trinajstić information content (AvgIpc) is 2.73. The maximum absolute atomic E-state index is 13.5. The van der Waals surface area contributed by atoms with Crippen LogP contribution in [0, 0.1) is 28.6 Å². The highest BCUT2D eigenvalue weighted by molar-refractivity contribution is 5.77. The molecule has 1 aliphatic heterocycles. The third-order valence-corrected chi connectivity index (χ3v) is 9.12. The van der Waals surface area contributed by atoms with Gasteiger partial charge in [-0.05, 0) is 75.0 Å². The summed E-state index contributed by atoms with van der Waals surface area (Å²) >= 11 is 0. The van der Waals surface area contributed by atoms with Crippen molar-refractivity contribution in [3.8, 4) is 0 Å². The summed E-state index contributed by atoms with van der Waals surface area (Å²) < 4.78 is 11.1. The number of rotatable bonds is 3. The molecule has 4 aliphatic rings. The van der Waals surface area contributed by atoms with Gasteiger partial charge in [0.25, 0.3) is 0 Å². The molecule has 0 bridgehead atoms. The summed E-state index contributed by atoms with van der Waals surface area (Å²) in [6, 6.07) is 0. The zero-order valence-corrected chi connectivity index (χ0v) is 18.7. The topological polar surface area (TPSA) is 116 Å². The van der Waals surface area contributed by atoms with E-state index in [-0.39, 0.29) is 11.3 Å². The van der Waals surface area contributed by atoms with Gasteiger partial charge in [-0.3, -0.25) is 4.79 Å². The fourth-order valence-corrected chi connectivity index (χ4v) is 7.42. The van der Waals surface area contributed by atoms with Crippen molar-refractivity contribution in [2.24, 2.45) is 28.6 Å². The van der Waals surface area contributed by atoms with Crippen molar-refractivity contribution in [3.63, 3.8) is 0 Å². The molecule has 31 heavy (non-hydrogen) atoms. The molecule has 1 heterocycles. The van der Waals surface area contributed by atoms with Crippen molar-refractivity contribution >= 4 is 5.97 Å². The van der Waals surface area contributed by atoms with Gasteiger partial charge >= 0.3 is 5.97 Å². The van der Waals surface area contributed by atoms with Crippen LogP contribution in [0.15, 0.2) is 12.2 Å². The number of allylic oxidation sites excluding steroid dienone is 1. The van der Waals surface area contributed by atoms with Crippen molar-refractivity contribution in [2.45, 2.75) is 95.9 Å². The Morgan fingerprint density at radius 3 is 2.58 bits per heavy atom. The van der Waals surface area contributed by atoms with Crippen LogP contribution in [-0.2, 0) is 14.3 Å². The number of carbonyl (C=O) groups is 1. The van der Waals surface area contributed by atoms with Crippen LogP contribution in [0.4, 0.5) is 0 Å². The van der Waals surface area contributed by atoms with E-state index in [1.165, 1.54) is 5.57 Å². The van der Waals surface area contributed by atoms with E-state index in [2.05, 4.69) is 13.5 Å². The number of hydrogen-bond acceptors (Lipinski definition) is 7. The monoisotopic (exact) mass is 438 g/mol. The average molecular weight is 439 g/mol. The maximum Gasteiger partial charge on any atom is 0.314 e. The molecule has 4 rings (SSSR count). The summed E-state index contributed by atoms with van der Waals surface area (Å²) in [5, 5.41) is 39.8. The van der Waals surface area contributed by atoms with E-state index in [9.17, 15) is 25.2 Å². The molecule has 10 atom stereocenters. The molecule has 0 spiro atoms. The van der Waals surface area contributed by atoms with Crippen molar-refractivity contribution in [1.82, 2.24) is 0 Å². The van der Waals surface area contributed by atoms with E-state index in [1.807, 2.05) is 6.92 Å². The number of fused-ring (bicyclic) bond motifs is 3. The van der Waals surface area contributed by atoms with E-state index >= 15 is 0 Å². The number of hydrogen-bond donors (Lipinski definition) is 4. The van der Waals surface area contributed by atoms with Crippen LogP contribution in [-0.4, -0.2) is 63.7 Å². The highest BCUT2D eigenvalue weighted by Crippen LogP contribution is 2.64. The largest absolute Gasteiger partial charge is 0.432 e. The Morgan fingerprint density at radius 1 is 1.13 bits per heavy atom. The minimum Gasteiger partial charge on any atom is -0.432 e. The summed E-state index contributed by atoms with van der Waals surface area (Å²) in [6.45, 7) is 7.99. The van der Waals surface area contributed by atoms with Gasteiger partial charge in [0.05, 0.1) is 12.0 Å². The zero-order valence-electron chi connectivity index (χ0n) is 18.7. The van der Waals surface area contributed by atoms with Gasteiger partial charge in [-0.2, -0.15) is 0 Å². The van der Waals surface area contributed by atoms with Crippen molar-refractivity contribution in [1.29, 1.82) is 0 Å². The van der Waals surface area contributed by atoms with Gasteiger partial charge in [-0.25, -0.2) is 0 Å². The maximum atomic E-state index is 13.5. The first-order valence-electron chi connectivity index (χ1n) is 11.8. The van der Waals surface area contributed by atoms with Gasteiger partial charge in [0.2, 0.25) is 6.29 Å². The highest BCUT2D eigenvalue weighted by atomic mass is 16.7. The van der Waals surface area contributed by atoms with E-state index in [0.29, 0.717) is 18.3 Å². The predicted molar refractivity (Wildman–Crippen MR) is 113 cm³/mol. The molecule has 0 aromatic heterocycles. The van der Waals surface area contributed by atoms with Crippen LogP contribution in [0.1, 0.15) is 65.2 Å². The van der Waals surface area contributed by atoms with Crippen LogP contribution in [0.2, 0.25) is 0 Å². The lowest BCUT2D eigenvalue weighted by Crippen LogP contribution is -2.61. The van der Waals surface area contributed by atoms with E-state index in [1.54, 1.807) is 0 Å². The molecule has 176 valence electrons. The molecule has 0 aromatic rings. The van der Waals surface area contributed by atoms with E-state index in [4.69, 9.17) is 9.47 Å². The summed E-state index contributed by atoms with van der Waals surface area (Å²) in [5.41, 5.74) is 0.708.